The highest BCUT2D eigenvalue weighted by molar-refractivity contribution is 4.87. The molecule has 18 heavy (non-hydrogen) atoms. The molecule has 3 unspecified atom stereocenters. The molecule has 0 aromatic carbocycles. The van der Waals surface area contributed by atoms with E-state index in [2.05, 4.69) is 16.7 Å². The molecule has 0 saturated carbocycles. The minimum Gasteiger partial charge on any atom is -0.378 e. The van der Waals surface area contributed by atoms with Crippen molar-refractivity contribution in [1.29, 1.82) is 0 Å². The van der Waals surface area contributed by atoms with Crippen LogP contribution in [-0.2, 0) is 4.74 Å². The second-order valence-corrected chi connectivity index (χ2v) is 6.31. The average Bonchev–Trinajstić information content (AvgIpc) is 2.95. The molecule has 0 bridgehead atoms. The van der Waals surface area contributed by atoms with Crippen molar-refractivity contribution in [3.05, 3.63) is 0 Å². The molecule has 3 rings (SSSR count). The monoisotopic (exact) mass is 252 g/mol. The van der Waals surface area contributed by atoms with Gasteiger partial charge in [-0.15, -0.1) is 0 Å². The molecule has 104 valence electrons. The van der Waals surface area contributed by atoms with Crippen LogP contribution in [0.2, 0.25) is 0 Å². The van der Waals surface area contributed by atoms with Gasteiger partial charge < -0.3 is 9.64 Å². The summed E-state index contributed by atoms with van der Waals surface area (Å²) in [6.07, 6.45) is 7.21. The predicted octanol–water partition coefficient (Wildman–Crippen LogP) is 1.97. The fourth-order valence-corrected chi connectivity index (χ4v) is 4.13. The van der Waals surface area contributed by atoms with E-state index < -0.39 is 0 Å². The van der Waals surface area contributed by atoms with Crippen LogP contribution in [0, 0.1) is 5.92 Å². The van der Waals surface area contributed by atoms with Crippen LogP contribution < -0.4 is 0 Å². The van der Waals surface area contributed by atoms with Gasteiger partial charge in [0.2, 0.25) is 0 Å². The predicted molar refractivity (Wildman–Crippen MR) is 73.8 cm³/mol. The van der Waals surface area contributed by atoms with Gasteiger partial charge in [0.1, 0.15) is 0 Å². The van der Waals surface area contributed by atoms with Crippen molar-refractivity contribution in [3.8, 4) is 0 Å². The zero-order valence-electron chi connectivity index (χ0n) is 11.8. The van der Waals surface area contributed by atoms with Gasteiger partial charge in [-0.05, 0) is 57.7 Å². The van der Waals surface area contributed by atoms with Gasteiger partial charge in [-0.3, -0.25) is 4.90 Å². The number of hydrogen-bond acceptors (Lipinski definition) is 3. The molecular formula is C15H28N2O. The normalized spacial score (nSPS) is 38.8. The highest BCUT2D eigenvalue weighted by Crippen LogP contribution is 2.27. The maximum absolute atomic E-state index is 5.84. The summed E-state index contributed by atoms with van der Waals surface area (Å²) in [4.78, 5) is 5.46. The summed E-state index contributed by atoms with van der Waals surface area (Å²) in [5.41, 5.74) is 0. The van der Waals surface area contributed by atoms with Gasteiger partial charge in [0.15, 0.2) is 0 Å². The summed E-state index contributed by atoms with van der Waals surface area (Å²) in [6, 6.07) is 0.856. The van der Waals surface area contributed by atoms with Gasteiger partial charge in [0, 0.05) is 25.7 Å². The van der Waals surface area contributed by atoms with Crippen LogP contribution >= 0.6 is 0 Å². The summed E-state index contributed by atoms with van der Waals surface area (Å²) < 4.78 is 5.84. The Morgan fingerprint density at radius 2 is 2.00 bits per heavy atom. The molecular weight excluding hydrogens is 224 g/mol. The molecule has 0 N–H and O–H groups in total. The van der Waals surface area contributed by atoms with Gasteiger partial charge in [-0.2, -0.15) is 0 Å². The molecule has 3 nitrogen and oxygen atoms in total. The zero-order chi connectivity index (χ0) is 12.4. The Morgan fingerprint density at radius 1 is 1.11 bits per heavy atom. The zero-order valence-corrected chi connectivity index (χ0v) is 11.8. The van der Waals surface area contributed by atoms with Crippen LogP contribution in [0.15, 0.2) is 0 Å². The summed E-state index contributed by atoms with van der Waals surface area (Å²) in [6.45, 7) is 9.84. The molecule has 0 spiro atoms. The number of hydrogen-bond donors (Lipinski definition) is 0. The molecule has 3 heteroatoms. The van der Waals surface area contributed by atoms with E-state index in [1.165, 1.54) is 64.8 Å². The van der Waals surface area contributed by atoms with Crippen molar-refractivity contribution in [2.75, 3.05) is 39.3 Å². The molecule has 3 saturated heterocycles. The molecule has 0 radical (unpaired) electrons. The fourth-order valence-electron chi connectivity index (χ4n) is 4.13. The van der Waals surface area contributed by atoms with E-state index >= 15 is 0 Å². The highest BCUT2D eigenvalue weighted by atomic mass is 16.5. The standard InChI is InChI=1S/C15H28N2O/c1-2-15-13(6-10-18-15)11-16-7-4-9-17-8-3-5-14(17)12-16/h13-15H,2-12H2,1H3. The van der Waals surface area contributed by atoms with Gasteiger partial charge >= 0.3 is 0 Å². The average molecular weight is 252 g/mol. The van der Waals surface area contributed by atoms with E-state index in [0.29, 0.717) is 6.10 Å². The maximum Gasteiger partial charge on any atom is 0.0613 e. The van der Waals surface area contributed by atoms with Crippen LogP contribution in [0.5, 0.6) is 0 Å². The summed E-state index contributed by atoms with van der Waals surface area (Å²) in [5.74, 6) is 0.794. The van der Waals surface area contributed by atoms with E-state index in [-0.39, 0.29) is 0 Å². The largest absolute Gasteiger partial charge is 0.378 e. The van der Waals surface area contributed by atoms with Crippen molar-refractivity contribution in [1.82, 2.24) is 9.80 Å². The molecule has 0 aromatic heterocycles. The van der Waals surface area contributed by atoms with Gasteiger partial charge in [-0.25, -0.2) is 0 Å². The van der Waals surface area contributed by atoms with Crippen molar-refractivity contribution in [2.24, 2.45) is 5.92 Å². The van der Waals surface area contributed by atoms with Crippen LogP contribution in [-0.4, -0.2) is 61.3 Å². The molecule has 0 aliphatic carbocycles. The van der Waals surface area contributed by atoms with Crippen molar-refractivity contribution in [3.63, 3.8) is 0 Å². The molecule has 0 amide bonds. The lowest BCUT2D eigenvalue weighted by Crippen LogP contribution is -2.39. The lowest BCUT2D eigenvalue weighted by molar-refractivity contribution is 0.0743. The van der Waals surface area contributed by atoms with Gasteiger partial charge in [0.25, 0.3) is 0 Å². The number of rotatable bonds is 3. The third-order valence-electron chi connectivity index (χ3n) is 5.13. The fraction of sp³-hybridized carbons (Fsp3) is 1.00. The Balaban J connectivity index is 1.55. The minimum atomic E-state index is 0.535. The summed E-state index contributed by atoms with van der Waals surface area (Å²) >= 11 is 0. The minimum absolute atomic E-state index is 0.535. The topological polar surface area (TPSA) is 15.7 Å². The maximum atomic E-state index is 5.84. The molecule has 3 aliphatic heterocycles. The highest BCUT2D eigenvalue weighted by Gasteiger charge is 2.32. The number of nitrogens with zero attached hydrogens (tertiary/aromatic N) is 2. The third kappa shape index (κ3) is 2.73. The lowest BCUT2D eigenvalue weighted by Gasteiger charge is -2.29. The van der Waals surface area contributed by atoms with Crippen molar-refractivity contribution >= 4 is 0 Å². The number of ether oxygens (including phenoxy) is 1. The second kappa shape index (κ2) is 5.89. The van der Waals surface area contributed by atoms with E-state index in [9.17, 15) is 0 Å². The van der Waals surface area contributed by atoms with E-state index in [0.717, 1.165) is 18.6 Å². The van der Waals surface area contributed by atoms with Crippen LogP contribution in [0.4, 0.5) is 0 Å². The van der Waals surface area contributed by atoms with E-state index in [4.69, 9.17) is 4.74 Å². The van der Waals surface area contributed by atoms with Gasteiger partial charge in [0.05, 0.1) is 6.10 Å². The smallest absolute Gasteiger partial charge is 0.0613 e. The van der Waals surface area contributed by atoms with Crippen LogP contribution in [0.3, 0.4) is 0 Å². The Morgan fingerprint density at radius 3 is 2.89 bits per heavy atom. The van der Waals surface area contributed by atoms with Crippen molar-refractivity contribution in [2.45, 2.75) is 51.2 Å². The first-order valence-electron chi connectivity index (χ1n) is 7.95. The SMILES string of the molecule is CCC1OCCC1CN1CCCN2CCCC2C1. The first kappa shape index (κ1) is 12.9. The third-order valence-corrected chi connectivity index (χ3v) is 5.13. The quantitative estimate of drug-likeness (QED) is 0.764. The Hall–Kier alpha value is -0.120. The first-order chi connectivity index (χ1) is 8.86. The first-order valence-corrected chi connectivity index (χ1v) is 7.95. The van der Waals surface area contributed by atoms with E-state index in [1.807, 2.05) is 0 Å². The summed E-state index contributed by atoms with van der Waals surface area (Å²) in [7, 11) is 0. The Labute approximate surface area is 111 Å². The Bertz CT molecular complexity index is 271. The number of fused-ring (bicyclic) bond motifs is 1. The molecule has 3 atom stereocenters. The lowest BCUT2D eigenvalue weighted by atomic mass is 9.98. The summed E-state index contributed by atoms with van der Waals surface area (Å²) in [5, 5.41) is 0. The molecule has 3 aliphatic rings. The van der Waals surface area contributed by atoms with Crippen LogP contribution in [0.25, 0.3) is 0 Å². The molecule has 3 fully saturated rings. The van der Waals surface area contributed by atoms with Crippen molar-refractivity contribution < 1.29 is 4.74 Å². The molecule has 3 heterocycles. The second-order valence-electron chi connectivity index (χ2n) is 6.31. The van der Waals surface area contributed by atoms with Gasteiger partial charge in [-0.1, -0.05) is 6.92 Å². The van der Waals surface area contributed by atoms with Crippen LogP contribution in [0.1, 0.15) is 39.0 Å². The van der Waals surface area contributed by atoms with E-state index in [1.54, 1.807) is 0 Å². The molecule has 0 aromatic rings. The Kier molecular flexibility index (Phi) is 4.22.